The second kappa shape index (κ2) is 16.1. The fourth-order valence-corrected chi connectivity index (χ4v) is 3.61. The van der Waals surface area contributed by atoms with Crippen LogP contribution in [0.15, 0.2) is 104 Å². The molecule has 0 amide bonds. The molecule has 3 aromatic carbocycles. The summed E-state index contributed by atoms with van der Waals surface area (Å²) < 4.78 is 20.4. The molecular formula is C34H32O8. The summed E-state index contributed by atoms with van der Waals surface area (Å²) in [4.78, 5) is 47.1. The number of hydrogen-bond donors (Lipinski definition) is 0. The van der Waals surface area contributed by atoms with Gasteiger partial charge in [0.2, 0.25) is 0 Å². The van der Waals surface area contributed by atoms with Crippen LogP contribution in [0, 0.1) is 0 Å². The van der Waals surface area contributed by atoms with Gasteiger partial charge in [0.1, 0.15) is 11.5 Å². The number of carbonyl (C=O) groups excluding carboxylic acids is 4. The highest BCUT2D eigenvalue weighted by atomic mass is 16.5. The van der Waals surface area contributed by atoms with Crippen LogP contribution >= 0.6 is 0 Å². The molecule has 0 bridgehead atoms. The Labute approximate surface area is 244 Å². The smallest absolute Gasteiger partial charge is 0.339 e. The maximum absolute atomic E-state index is 12.7. The summed E-state index contributed by atoms with van der Waals surface area (Å²) >= 11 is 0. The molecule has 0 saturated carbocycles. The minimum absolute atomic E-state index is 0.000210. The number of benzene rings is 3. The average Bonchev–Trinajstić information content (AvgIpc) is 3.02. The van der Waals surface area contributed by atoms with Crippen LogP contribution in [-0.4, -0.2) is 44.0 Å². The van der Waals surface area contributed by atoms with Gasteiger partial charge in [0.25, 0.3) is 0 Å². The molecule has 0 aliphatic heterocycles. The molecule has 0 saturated heterocycles. The molecular weight excluding hydrogens is 536 g/mol. The monoisotopic (exact) mass is 568 g/mol. The molecule has 0 unspecified atom stereocenters. The quantitative estimate of drug-likeness (QED) is 0.0706. The number of methoxy groups -OCH3 is 1. The molecule has 8 heteroatoms. The summed E-state index contributed by atoms with van der Waals surface area (Å²) in [5.41, 5.74) is 3.16. The van der Waals surface area contributed by atoms with Crippen molar-refractivity contribution in [1.29, 1.82) is 0 Å². The molecule has 0 radical (unpaired) electrons. The van der Waals surface area contributed by atoms with Gasteiger partial charge in [-0.1, -0.05) is 67.8 Å². The van der Waals surface area contributed by atoms with Gasteiger partial charge in [-0.05, 0) is 59.9 Å². The van der Waals surface area contributed by atoms with Crippen molar-refractivity contribution in [1.82, 2.24) is 0 Å². The lowest BCUT2D eigenvalue weighted by atomic mass is 10.0. The van der Waals surface area contributed by atoms with Crippen LogP contribution in [0.25, 0.3) is 17.2 Å². The molecule has 0 aromatic heterocycles. The summed E-state index contributed by atoms with van der Waals surface area (Å²) in [6.45, 7) is 7.74. The first-order valence-electron chi connectivity index (χ1n) is 13.2. The Bertz CT molecular complexity index is 1430. The largest absolute Gasteiger partial charge is 0.494 e. The number of carbonyl (C=O) groups is 4. The van der Waals surface area contributed by atoms with Crippen molar-refractivity contribution in [2.45, 2.75) is 19.3 Å². The van der Waals surface area contributed by atoms with Crippen molar-refractivity contribution in [3.63, 3.8) is 0 Å². The van der Waals surface area contributed by atoms with Gasteiger partial charge in [0.15, 0.2) is 5.78 Å². The standard InChI is InChI=1S/C34H32O8/c1-4-32(36)41-22-6-5-21-40-29-16-7-25(8-17-29)9-20-31(35)28-12-10-26(11-13-28)27-14-18-30(19-15-27)42-34(38)24(2)23-33(37)39-3/h4,7-20H,1-2,5-6,21-23H2,3H3/b20-9+. The number of ether oxygens (including phenoxy) is 4. The average molecular weight is 569 g/mol. The summed E-state index contributed by atoms with van der Waals surface area (Å²) in [6.07, 6.45) is 5.61. The van der Waals surface area contributed by atoms with E-state index in [9.17, 15) is 19.2 Å². The zero-order valence-corrected chi connectivity index (χ0v) is 23.4. The molecule has 0 fully saturated rings. The number of hydrogen-bond acceptors (Lipinski definition) is 8. The third-order valence-corrected chi connectivity index (χ3v) is 5.97. The maximum atomic E-state index is 12.7. The number of rotatable bonds is 15. The highest BCUT2D eigenvalue weighted by molar-refractivity contribution is 6.07. The van der Waals surface area contributed by atoms with Crippen LogP contribution in [0.3, 0.4) is 0 Å². The van der Waals surface area contributed by atoms with Gasteiger partial charge in [-0.15, -0.1) is 0 Å². The fraction of sp³-hybridized carbons (Fsp3) is 0.176. The van der Waals surface area contributed by atoms with Gasteiger partial charge < -0.3 is 18.9 Å². The van der Waals surface area contributed by atoms with Gasteiger partial charge in [0, 0.05) is 17.2 Å². The Morgan fingerprint density at radius 3 is 2.00 bits per heavy atom. The van der Waals surface area contributed by atoms with E-state index in [1.165, 1.54) is 13.2 Å². The van der Waals surface area contributed by atoms with Crippen LogP contribution in [0.2, 0.25) is 0 Å². The zero-order chi connectivity index (χ0) is 30.3. The molecule has 0 aliphatic carbocycles. The zero-order valence-electron chi connectivity index (χ0n) is 23.4. The molecule has 3 rings (SSSR count). The minimum Gasteiger partial charge on any atom is -0.494 e. The van der Waals surface area contributed by atoms with Crippen LogP contribution in [0.5, 0.6) is 11.5 Å². The molecule has 8 nitrogen and oxygen atoms in total. The molecule has 0 heterocycles. The van der Waals surface area contributed by atoms with E-state index in [1.54, 1.807) is 42.5 Å². The first-order valence-corrected chi connectivity index (χ1v) is 13.2. The lowest BCUT2D eigenvalue weighted by molar-refractivity contribution is -0.141. The lowest BCUT2D eigenvalue weighted by Gasteiger charge is -2.08. The van der Waals surface area contributed by atoms with Crippen LogP contribution in [-0.2, 0) is 23.9 Å². The molecule has 0 aliphatic rings. The molecule has 216 valence electrons. The Balaban J connectivity index is 1.47. The maximum Gasteiger partial charge on any atom is 0.339 e. The predicted octanol–water partition coefficient (Wildman–Crippen LogP) is 6.16. The Morgan fingerprint density at radius 2 is 1.38 bits per heavy atom. The Morgan fingerprint density at radius 1 is 0.786 bits per heavy atom. The third-order valence-electron chi connectivity index (χ3n) is 5.97. The number of ketones is 1. The third kappa shape index (κ3) is 10.1. The van der Waals surface area contributed by atoms with E-state index >= 15 is 0 Å². The van der Waals surface area contributed by atoms with E-state index < -0.39 is 17.9 Å². The number of esters is 3. The van der Waals surface area contributed by atoms with E-state index in [-0.39, 0.29) is 17.8 Å². The highest BCUT2D eigenvalue weighted by Gasteiger charge is 2.14. The van der Waals surface area contributed by atoms with E-state index in [0.29, 0.717) is 36.7 Å². The summed E-state index contributed by atoms with van der Waals surface area (Å²) in [7, 11) is 1.23. The van der Waals surface area contributed by atoms with Crippen LogP contribution in [0.4, 0.5) is 0 Å². The van der Waals surface area contributed by atoms with E-state index in [1.807, 2.05) is 36.4 Å². The van der Waals surface area contributed by atoms with Crippen molar-refractivity contribution >= 4 is 29.8 Å². The number of allylic oxidation sites excluding steroid dienone is 1. The summed E-state index contributed by atoms with van der Waals surface area (Å²) in [5, 5.41) is 0. The van der Waals surface area contributed by atoms with Crippen molar-refractivity contribution in [3.8, 4) is 22.6 Å². The highest BCUT2D eigenvalue weighted by Crippen LogP contribution is 2.24. The van der Waals surface area contributed by atoms with Crippen molar-refractivity contribution in [2.24, 2.45) is 0 Å². The molecule has 0 atom stereocenters. The van der Waals surface area contributed by atoms with Gasteiger partial charge in [-0.2, -0.15) is 0 Å². The van der Waals surface area contributed by atoms with Crippen molar-refractivity contribution in [3.05, 3.63) is 115 Å². The first kappa shape index (κ1) is 31.3. The van der Waals surface area contributed by atoms with E-state index in [0.717, 1.165) is 29.2 Å². The molecule has 0 N–H and O–H groups in total. The molecule has 3 aromatic rings. The lowest BCUT2D eigenvalue weighted by Crippen LogP contribution is -2.14. The fourth-order valence-electron chi connectivity index (χ4n) is 3.61. The first-order chi connectivity index (χ1) is 20.3. The minimum atomic E-state index is -0.703. The SMILES string of the molecule is C=CC(=O)OCCCCOc1ccc(/C=C/C(=O)c2ccc(-c3ccc(OC(=O)C(=C)CC(=O)OC)cc3)cc2)cc1. The van der Waals surface area contributed by atoms with E-state index in [2.05, 4.69) is 17.9 Å². The van der Waals surface area contributed by atoms with Gasteiger partial charge in [0.05, 0.1) is 26.7 Å². The van der Waals surface area contributed by atoms with E-state index in [4.69, 9.17) is 14.2 Å². The van der Waals surface area contributed by atoms with Crippen molar-refractivity contribution < 1.29 is 38.1 Å². The Hall–Kier alpha value is -5.24. The number of unbranched alkanes of at least 4 members (excludes halogenated alkanes) is 1. The second-order valence-electron chi connectivity index (χ2n) is 9.04. The summed E-state index contributed by atoms with van der Waals surface area (Å²) in [5.74, 6) is -0.801. The van der Waals surface area contributed by atoms with Gasteiger partial charge in [-0.25, -0.2) is 9.59 Å². The molecule has 0 spiro atoms. The second-order valence-corrected chi connectivity index (χ2v) is 9.04. The Kier molecular flexibility index (Phi) is 12.0. The van der Waals surface area contributed by atoms with Gasteiger partial charge >= 0.3 is 17.9 Å². The van der Waals surface area contributed by atoms with Crippen LogP contribution in [0.1, 0.15) is 35.2 Å². The predicted molar refractivity (Wildman–Crippen MR) is 159 cm³/mol. The van der Waals surface area contributed by atoms with Gasteiger partial charge in [-0.3, -0.25) is 9.59 Å². The normalized spacial score (nSPS) is 10.5. The van der Waals surface area contributed by atoms with Crippen molar-refractivity contribution in [2.75, 3.05) is 20.3 Å². The topological polar surface area (TPSA) is 105 Å². The summed E-state index contributed by atoms with van der Waals surface area (Å²) in [6, 6.07) is 21.4. The molecule has 42 heavy (non-hydrogen) atoms. The van der Waals surface area contributed by atoms with Crippen LogP contribution < -0.4 is 9.47 Å².